The highest BCUT2D eigenvalue weighted by molar-refractivity contribution is 6.30. The lowest BCUT2D eigenvalue weighted by Gasteiger charge is -2.27. The number of aryl methyl sites for hydroxylation is 1. The molecule has 3 heteroatoms. The van der Waals surface area contributed by atoms with E-state index in [2.05, 4.69) is 56.2 Å². The van der Waals surface area contributed by atoms with E-state index >= 15 is 0 Å². The third-order valence-electron chi connectivity index (χ3n) is 3.81. The van der Waals surface area contributed by atoms with Crippen molar-refractivity contribution in [2.75, 3.05) is 0 Å². The van der Waals surface area contributed by atoms with Gasteiger partial charge in [-0.2, -0.15) is 0 Å². The van der Waals surface area contributed by atoms with E-state index in [9.17, 15) is 0 Å². The Morgan fingerprint density at radius 2 is 1.71 bits per heavy atom. The van der Waals surface area contributed by atoms with Crippen LogP contribution in [0.1, 0.15) is 49.7 Å². The van der Waals surface area contributed by atoms with E-state index in [0.29, 0.717) is 5.92 Å². The van der Waals surface area contributed by atoms with Gasteiger partial charge in [-0.05, 0) is 49.1 Å². The number of halogens is 1. The van der Waals surface area contributed by atoms with Crippen LogP contribution in [-0.4, -0.2) is 4.98 Å². The first kappa shape index (κ1) is 16.0. The molecule has 2 atom stereocenters. The lowest BCUT2D eigenvalue weighted by atomic mass is 9.95. The second-order valence-corrected chi connectivity index (χ2v) is 6.30. The summed E-state index contributed by atoms with van der Waals surface area (Å²) < 4.78 is 0. The quantitative estimate of drug-likeness (QED) is 0.832. The van der Waals surface area contributed by atoms with Crippen molar-refractivity contribution < 1.29 is 0 Å². The SMILES string of the molecule is Cc1cccnc1C(NC(C)c1ccc(Cl)cc1)C(C)C. The molecule has 2 rings (SSSR count). The average Bonchev–Trinajstić information content (AvgIpc) is 2.46. The van der Waals surface area contributed by atoms with Crippen LogP contribution in [0.5, 0.6) is 0 Å². The van der Waals surface area contributed by atoms with E-state index in [-0.39, 0.29) is 12.1 Å². The van der Waals surface area contributed by atoms with Crippen LogP contribution in [0.15, 0.2) is 42.6 Å². The molecule has 112 valence electrons. The van der Waals surface area contributed by atoms with Crippen LogP contribution in [0.2, 0.25) is 5.02 Å². The molecule has 1 heterocycles. The molecule has 1 aromatic carbocycles. The molecule has 2 unspecified atom stereocenters. The van der Waals surface area contributed by atoms with Gasteiger partial charge < -0.3 is 5.32 Å². The maximum Gasteiger partial charge on any atom is 0.0605 e. The Morgan fingerprint density at radius 3 is 2.29 bits per heavy atom. The normalized spacial score (nSPS) is 14.2. The number of nitrogens with one attached hydrogen (secondary N) is 1. The molecule has 0 saturated heterocycles. The van der Waals surface area contributed by atoms with Crippen molar-refractivity contribution in [2.24, 2.45) is 5.92 Å². The second kappa shape index (κ2) is 7.06. The molecule has 0 amide bonds. The van der Waals surface area contributed by atoms with Gasteiger partial charge in [0.15, 0.2) is 0 Å². The Kier molecular flexibility index (Phi) is 5.38. The number of nitrogens with zero attached hydrogens (tertiary/aromatic N) is 1. The average molecular weight is 303 g/mol. The highest BCUT2D eigenvalue weighted by Gasteiger charge is 2.21. The Hall–Kier alpha value is -1.38. The van der Waals surface area contributed by atoms with Crippen LogP contribution in [0.25, 0.3) is 0 Å². The first-order valence-electron chi connectivity index (χ1n) is 7.42. The summed E-state index contributed by atoms with van der Waals surface area (Å²) in [5.41, 5.74) is 3.60. The third kappa shape index (κ3) is 4.05. The largest absolute Gasteiger partial charge is 0.302 e. The monoisotopic (exact) mass is 302 g/mol. The molecule has 0 aliphatic heterocycles. The molecule has 0 aliphatic carbocycles. The molecular formula is C18H23ClN2. The van der Waals surface area contributed by atoms with Gasteiger partial charge in [-0.3, -0.25) is 4.98 Å². The Labute approximate surface area is 132 Å². The standard InChI is InChI=1S/C18H23ClN2/c1-12(2)17(18-13(3)6-5-11-20-18)21-14(4)15-7-9-16(19)10-8-15/h5-12,14,17,21H,1-4H3. The molecule has 0 saturated carbocycles. The minimum atomic E-state index is 0.233. The van der Waals surface area contributed by atoms with Gasteiger partial charge >= 0.3 is 0 Å². The van der Waals surface area contributed by atoms with Gasteiger partial charge in [0, 0.05) is 17.3 Å². The molecule has 0 fully saturated rings. The summed E-state index contributed by atoms with van der Waals surface area (Å²) in [6.45, 7) is 8.74. The Bertz CT molecular complexity index is 578. The van der Waals surface area contributed by atoms with Crippen molar-refractivity contribution in [2.45, 2.75) is 39.8 Å². The van der Waals surface area contributed by atoms with Gasteiger partial charge in [0.1, 0.15) is 0 Å². The van der Waals surface area contributed by atoms with E-state index < -0.39 is 0 Å². The van der Waals surface area contributed by atoms with Crippen molar-refractivity contribution >= 4 is 11.6 Å². The number of hydrogen-bond donors (Lipinski definition) is 1. The predicted octanol–water partition coefficient (Wildman–Crippen LogP) is 5.09. The van der Waals surface area contributed by atoms with Crippen LogP contribution in [0.3, 0.4) is 0 Å². The number of rotatable bonds is 5. The van der Waals surface area contributed by atoms with Crippen LogP contribution >= 0.6 is 11.6 Å². The first-order valence-corrected chi connectivity index (χ1v) is 7.80. The minimum absolute atomic E-state index is 0.233. The van der Waals surface area contributed by atoms with Crippen molar-refractivity contribution in [3.8, 4) is 0 Å². The summed E-state index contributed by atoms with van der Waals surface area (Å²) in [7, 11) is 0. The third-order valence-corrected chi connectivity index (χ3v) is 4.06. The van der Waals surface area contributed by atoms with E-state index in [1.54, 1.807) is 0 Å². The maximum atomic E-state index is 5.96. The van der Waals surface area contributed by atoms with Crippen molar-refractivity contribution in [3.63, 3.8) is 0 Å². The summed E-state index contributed by atoms with van der Waals surface area (Å²) in [5.74, 6) is 0.466. The number of aromatic nitrogens is 1. The lowest BCUT2D eigenvalue weighted by molar-refractivity contribution is 0.366. The summed E-state index contributed by atoms with van der Waals surface area (Å²) >= 11 is 5.96. The van der Waals surface area contributed by atoms with Gasteiger partial charge in [0.2, 0.25) is 0 Å². The molecule has 0 spiro atoms. The maximum absolute atomic E-state index is 5.96. The molecule has 2 nitrogen and oxygen atoms in total. The molecule has 21 heavy (non-hydrogen) atoms. The molecule has 1 N–H and O–H groups in total. The van der Waals surface area contributed by atoms with Gasteiger partial charge in [0.05, 0.1) is 11.7 Å². The molecule has 0 bridgehead atoms. The molecular weight excluding hydrogens is 280 g/mol. The van der Waals surface area contributed by atoms with Crippen molar-refractivity contribution in [1.29, 1.82) is 0 Å². The predicted molar refractivity (Wildman–Crippen MR) is 89.6 cm³/mol. The molecule has 0 aliphatic rings. The van der Waals surface area contributed by atoms with E-state index in [4.69, 9.17) is 11.6 Å². The zero-order chi connectivity index (χ0) is 15.4. The van der Waals surface area contributed by atoms with Crippen LogP contribution in [-0.2, 0) is 0 Å². The number of pyridine rings is 1. The summed E-state index contributed by atoms with van der Waals surface area (Å²) in [5, 5.41) is 4.47. The molecule has 2 aromatic rings. The second-order valence-electron chi connectivity index (χ2n) is 5.87. The smallest absolute Gasteiger partial charge is 0.0605 e. The highest BCUT2D eigenvalue weighted by atomic mass is 35.5. The zero-order valence-corrected chi connectivity index (χ0v) is 13.9. The van der Waals surface area contributed by atoms with Crippen molar-refractivity contribution in [3.05, 3.63) is 64.4 Å². The zero-order valence-electron chi connectivity index (χ0n) is 13.1. The summed E-state index contributed by atoms with van der Waals surface area (Å²) in [6.07, 6.45) is 1.87. The molecule has 1 aromatic heterocycles. The fraction of sp³-hybridized carbons (Fsp3) is 0.389. The van der Waals surface area contributed by atoms with Gasteiger partial charge in [0.25, 0.3) is 0 Å². The minimum Gasteiger partial charge on any atom is -0.302 e. The van der Waals surface area contributed by atoms with Crippen LogP contribution in [0, 0.1) is 12.8 Å². The lowest BCUT2D eigenvalue weighted by Crippen LogP contribution is -2.29. The fourth-order valence-corrected chi connectivity index (χ4v) is 2.65. The van der Waals surface area contributed by atoms with E-state index in [0.717, 1.165) is 10.7 Å². The van der Waals surface area contributed by atoms with Crippen LogP contribution < -0.4 is 5.32 Å². The van der Waals surface area contributed by atoms with E-state index in [1.807, 2.05) is 24.4 Å². The van der Waals surface area contributed by atoms with Crippen LogP contribution in [0.4, 0.5) is 0 Å². The number of hydrogen-bond acceptors (Lipinski definition) is 2. The fourth-order valence-electron chi connectivity index (χ4n) is 2.53. The molecule has 0 radical (unpaired) electrons. The van der Waals surface area contributed by atoms with Crippen molar-refractivity contribution in [1.82, 2.24) is 10.3 Å². The topological polar surface area (TPSA) is 24.9 Å². The number of benzene rings is 1. The first-order chi connectivity index (χ1) is 9.99. The Balaban J connectivity index is 2.21. The summed E-state index contributed by atoms with van der Waals surface area (Å²) in [6, 6.07) is 12.6. The van der Waals surface area contributed by atoms with Gasteiger partial charge in [-0.25, -0.2) is 0 Å². The van der Waals surface area contributed by atoms with Gasteiger partial charge in [-0.1, -0.05) is 43.6 Å². The highest BCUT2D eigenvalue weighted by Crippen LogP contribution is 2.26. The summed E-state index contributed by atoms with van der Waals surface area (Å²) in [4.78, 5) is 4.58. The van der Waals surface area contributed by atoms with E-state index in [1.165, 1.54) is 11.1 Å². The Morgan fingerprint density at radius 1 is 1.05 bits per heavy atom. The van der Waals surface area contributed by atoms with Gasteiger partial charge in [-0.15, -0.1) is 0 Å².